The number of aryl methyl sites for hydroxylation is 1. The normalized spacial score (nSPS) is 10.4. The first-order chi connectivity index (χ1) is 11.6. The summed E-state index contributed by atoms with van der Waals surface area (Å²) in [6.45, 7) is 2.25. The third-order valence-electron chi connectivity index (χ3n) is 3.35. The van der Waals surface area contributed by atoms with E-state index in [1.165, 1.54) is 12.4 Å². The SMILES string of the molecule is Cc1cc(Cl)ccc1Nc1ncc(C(=O)NCc2ccco2)cn1. The van der Waals surface area contributed by atoms with Gasteiger partial charge in [0.05, 0.1) is 18.4 Å². The van der Waals surface area contributed by atoms with E-state index >= 15 is 0 Å². The van der Waals surface area contributed by atoms with Crippen molar-refractivity contribution in [2.75, 3.05) is 5.32 Å². The van der Waals surface area contributed by atoms with Crippen molar-refractivity contribution >= 4 is 29.1 Å². The number of benzene rings is 1. The summed E-state index contributed by atoms with van der Waals surface area (Å²) in [5.74, 6) is 0.824. The lowest BCUT2D eigenvalue weighted by molar-refractivity contribution is 0.0947. The van der Waals surface area contributed by atoms with Crippen LogP contribution in [0.2, 0.25) is 5.02 Å². The summed E-state index contributed by atoms with van der Waals surface area (Å²) in [4.78, 5) is 20.4. The molecule has 0 radical (unpaired) electrons. The van der Waals surface area contributed by atoms with E-state index in [9.17, 15) is 4.79 Å². The van der Waals surface area contributed by atoms with Gasteiger partial charge in [-0.1, -0.05) is 11.6 Å². The van der Waals surface area contributed by atoms with Gasteiger partial charge in [0.15, 0.2) is 0 Å². The number of anilines is 2. The molecule has 0 saturated heterocycles. The van der Waals surface area contributed by atoms with Crippen molar-refractivity contribution in [2.45, 2.75) is 13.5 Å². The summed E-state index contributed by atoms with van der Waals surface area (Å²) in [5.41, 5.74) is 2.21. The predicted octanol–water partition coefficient (Wildman–Crippen LogP) is 3.71. The highest BCUT2D eigenvalue weighted by Crippen LogP contribution is 2.21. The Labute approximate surface area is 143 Å². The molecule has 0 bridgehead atoms. The average molecular weight is 343 g/mol. The minimum absolute atomic E-state index is 0.263. The Morgan fingerprint density at radius 3 is 2.71 bits per heavy atom. The van der Waals surface area contributed by atoms with Crippen LogP contribution in [-0.4, -0.2) is 15.9 Å². The number of nitrogens with one attached hydrogen (secondary N) is 2. The van der Waals surface area contributed by atoms with Crippen LogP contribution < -0.4 is 10.6 Å². The molecular weight excluding hydrogens is 328 g/mol. The number of aromatic nitrogens is 2. The van der Waals surface area contributed by atoms with Gasteiger partial charge in [-0.05, 0) is 42.8 Å². The summed E-state index contributed by atoms with van der Waals surface area (Å²) >= 11 is 5.93. The average Bonchev–Trinajstić information content (AvgIpc) is 3.09. The molecule has 2 aromatic heterocycles. The number of amides is 1. The summed E-state index contributed by atoms with van der Waals surface area (Å²) in [5, 5.41) is 6.50. The number of hydrogen-bond donors (Lipinski definition) is 2. The molecule has 24 heavy (non-hydrogen) atoms. The van der Waals surface area contributed by atoms with Crippen LogP contribution in [-0.2, 0) is 6.54 Å². The summed E-state index contributed by atoms with van der Waals surface area (Å²) in [6, 6.07) is 9.04. The molecule has 0 unspecified atom stereocenters. The molecule has 0 aliphatic rings. The third-order valence-corrected chi connectivity index (χ3v) is 3.59. The molecule has 2 heterocycles. The zero-order chi connectivity index (χ0) is 16.9. The maximum Gasteiger partial charge on any atom is 0.254 e. The lowest BCUT2D eigenvalue weighted by Gasteiger charge is -2.08. The number of carbonyl (C=O) groups is 1. The Bertz CT molecular complexity index is 832. The van der Waals surface area contributed by atoms with Gasteiger partial charge in [-0.3, -0.25) is 4.79 Å². The van der Waals surface area contributed by atoms with Crippen molar-refractivity contribution in [3.63, 3.8) is 0 Å². The molecular formula is C17H15ClN4O2. The smallest absolute Gasteiger partial charge is 0.254 e. The Morgan fingerprint density at radius 1 is 1.25 bits per heavy atom. The number of rotatable bonds is 5. The van der Waals surface area contributed by atoms with E-state index in [1.54, 1.807) is 24.5 Å². The summed E-state index contributed by atoms with van der Waals surface area (Å²) in [6.07, 6.45) is 4.50. The van der Waals surface area contributed by atoms with Crippen molar-refractivity contribution in [2.24, 2.45) is 0 Å². The lowest BCUT2D eigenvalue weighted by atomic mass is 10.2. The molecule has 0 spiro atoms. The Balaban J connectivity index is 1.63. The molecule has 0 aliphatic heterocycles. The first-order valence-electron chi connectivity index (χ1n) is 7.27. The molecule has 122 valence electrons. The van der Waals surface area contributed by atoms with E-state index in [4.69, 9.17) is 16.0 Å². The van der Waals surface area contributed by atoms with E-state index < -0.39 is 0 Å². The molecule has 7 heteroatoms. The largest absolute Gasteiger partial charge is 0.467 e. The number of carbonyl (C=O) groups excluding carboxylic acids is 1. The number of hydrogen-bond acceptors (Lipinski definition) is 5. The van der Waals surface area contributed by atoms with Gasteiger partial charge in [0.25, 0.3) is 5.91 Å². The van der Waals surface area contributed by atoms with Crippen LogP contribution in [0.3, 0.4) is 0 Å². The van der Waals surface area contributed by atoms with Gasteiger partial charge in [-0.25, -0.2) is 9.97 Å². The van der Waals surface area contributed by atoms with Gasteiger partial charge in [0.2, 0.25) is 5.95 Å². The topological polar surface area (TPSA) is 80.0 Å². The van der Waals surface area contributed by atoms with Crippen LogP contribution >= 0.6 is 11.6 Å². The molecule has 3 rings (SSSR count). The highest BCUT2D eigenvalue weighted by molar-refractivity contribution is 6.30. The second-order valence-corrected chi connectivity index (χ2v) is 5.58. The molecule has 1 aromatic carbocycles. The van der Waals surface area contributed by atoms with Crippen molar-refractivity contribution in [1.29, 1.82) is 0 Å². The van der Waals surface area contributed by atoms with Crippen LogP contribution in [0.5, 0.6) is 0 Å². The van der Waals surface area contributed by atoms with Crippen molar-refractivity contribution in [3.8, 4) is 0 Å². The predicted molar refractivity (Wildman–Crippen MR) is 91.4 cm³/mol. The minimum Gasteiger partial charge on any atom is -0.467 e. The van der Waals surface area contributed by atoms with E-state index in [2.05, 4.69) is 20.6 Å². The maximum atomic E-state index is 12.0. The van der Waals surface area contributed by atoms with Gasteiger partial charge >= 0.3 is 0 Å². The standard InChI is InChI=1S/C17H15ClN4O2/c1-11-7-13(18)4-5-15(11)22-17-20-8-12(9-21-17)16(23)19-10-14-3-2-6-24-14/h2-9H,10H2,1H3,(H,19,23)(H,20,21,22). The fraction of sp³-hybridized carbons (Fsp3) is 0.118. The van der Waals surface area contributed by atoms with Crippen LogP contribution in [0.15, 0.2) is 53.4 Å². The maximum absolute atomic E-state index is 12.0. The third kappa shape index (κ3) is 3.91. The Hall–Kier alpha value is -2.86. The van der Waals surface area contributed by atoms with Gasteiger partial charge in [0, 0.05) is 23.1 Å². The Morgan fingerprint density at radius 2 is 2.04 bits per heavy atom. The quantitative estimate of drug-likeness (QED) is 0.739. The summed E-state index contributed by atoms with van der Waals surface area (Å²) in [7, 11) is 0. The van der Waals surface area contributed by atoms with E-state index in [0.29, 0.717) is 28.8 Å². The molecule has 0 aliphatic carbocycles. The first kappa shape index (κ1) is 16.0. The van der Waals surface area contributed by atoms with Crippen molar-refractivity contribution in [1.82, 2.24) is 15.3 Å². The van der Waals surface area contributed by atoms with Crippen LogP contribution in [0.25, 0.3) is 0 Å². The van der Waals surface area contributed by atoms with Crippen LogP contribution in [0.4, 0.5) is 11.6 Å². The number of furan rings is 1. The van der Waals surface area contributed by atoms with E-state index in [-0.39, 0.29) is 5.91 Å². The second kappa shape index (κ2) is 7.14. The van der Waals surface area contributed by atoms with Gasteiger partial charge in [0.1, 0.15) is 5.76 Å². The fourth-order valence-electron chi connectivity index (χ4n) is 2.08. The molecule has 0 saturated carbocycles. The number of halogens is 1. The molecule has 1 amide bonds. The molecule has 2 N–H and O–H groups in total. The van der Waals surface area contributed by atoms with Crippen LogP contribution in [0, 0.1) is 6.92 Å². The molecule has 0 fully saturated rings. The van der Waals surface area contributed by atoms with E-state index in [0.717, 1.165) is 11.3 Å². The fourth-order valence-corrected chi connectivity index (χ4v) is 2.31. The highest BCUT2D eigenvalue weighted by atomic mass is 35.5. The number of nitrogens with zero attached hydrogens (tertiary/aromatic N) is 2. The minimum atomic E-state index is -0.263. The highest BCUT2D eigenvalue weighted by Gasteiger charge is 2.08. The van der Waals surface area contributed by atoms with E-state index in [1.807, 2.05) is 19.1 Å². The Kier molecular flexibility index (Phi) is 4.77. The van der Waals surface area contributed by atoms with Crippen molar-refractivity contribution in [3.05, 3.63) is 70.9 Å². The second-order valence-electron chi connectivity index (χ2n) is 5.14. The lowest BCUT2D eigenvalue weighted by Crippen LogP contribution is -2.23. The molecule has 6 nitrogen and oxygen atoms in total. The zero-order valence-electron chi connectivity index (χ0n) is 12.9. The van der Waals surface area contributed by atoms with Gasteiger partial charge in [-0.2, -0.15) is 0 Å². The van der Waals surface area contributed by atoms with Crippen LogP contribution in [0.1, 0.15) is 21.7 Å². The van der Waals surface area contributed by atoms with Gasteiger partial charge in [-0.15, -0.1) is 0 Å². The monoisotopic (exact) mass is 342 g/mol. The van der Waals surface area contributed by atoms with Gasteiger partial charge < -0.3 is 15.1 Å². The molecule has 0 atom stereocenters. The zero-order valence-corrected chi connectivity index (χ0v) is 13.7. The summed E-state index contributed by atoms with van der Waals surface area (Å²) < 4.78 is 5.16. The molecule has 3 aromatic rings. The first-order valence-corrected chi connectivity index (χ1v) is 7.65. The van der Waals surface area contributed by atoms with Crippen molar-refractivity contribution < 1.29 is 9.21 Å².